The molecule has 0 bridgehead atoms. The van der Waals surface area contributed by atoms with E-state index in [2.05, 4.69) is 17.0 Å². The van der Waals surface area contributed by atoms with Crippen LogP contribution in [0, 0.1) is 17.3 Å². The zero-order chi connectivity index (χ0) is 16.7. The van der Waals surface area contributed by atoms with Crippen LogP contribution in [0.25, 0.3) is 0 Å². The smallest absolute Gasteiger partial charge is 0.257 e. The highest BCUT2D eigenvalue weighted by molar-refractivity contribution is 5.94. The molecule has 1 aromatic heterocycles. The summed E-state index contributed by atoms with van der Waals surface area (Å²) < 4.78 is 7.71. The van der Waals surface area contributed by atoms with Crippen LogP contribution in [0.5, 0.6) is 0 Å². The average molecular weight is 332 g/mol. The summed E-state index contributed by atoms with van der Waals surface area (Å²) in [6.07, 6.45) is 7.24. The molecule has 2 aliphatic heterocycles. The summed E-state index contributed by atoms with van der Waals surface area (Å²) in [4.78, 5) is 17.2. The van der Waals surface area contributed by atoms with E-state index in [9.17, 15) is 4.79 Å². The lowest BCUT2D eigenvalue weighted by atomic mass is 9.77. The maximum Gasteiger partial charge on any atom is 0.257 e. The molecule has 6 nitrogen and oxygen atoms in total. The van der Waals surface area contributed by atoms with Crippen LogP contribution in [0.2, 0.25) is 0 Å². The molecule has 3 aliphatic rings. The van der Waals surface area contributed by atoms with E-state index in [4.69, 9.17) is 4.74 Å². The summed E-state index contributed by atoms with van der Waals surface area (Å²) >= 11 is 0. The van der Waals surface area contributed by atoms with Gasteiger partial charge < -0.3 is 14.5 Å². The van der Waals surface area contributed by atoms with Crippen LogP contribution < -0.4 is 0 Å². The molecule has 2 atom stereocenters. The number of hydrogen-bond donors (Lipinski definition) is 0. The normalized spacial score (nSPS) is 30.6. The first kappa shape index (κ1) is 16.1. The first-order valence-corrected chi connectivity index (χ1v) is 9.10. The SMILES string of the molecule is CN1C[C@@H](COCC2CC2)[C@]2(CCN(C(=O)c3cnn(C)c3)C2)C1. The number of hydrogen-bond acceptors (Lipinski definition) is 4. The van der Waals surface area contributed by atoms with E-state index >= 15 is 0 Å². The van der Waals surface area contributed by atoms with Gasteiger partial charge in [-0.05, 0) is 32.2 Å². The van der Waals surface area contributed by atoms with Gasteiger partial charge in [-0.2, -0.15) is 5.10 Å². The van der Waals surface area contributed by atoms with Crippen LogP contribution in [0.15, 0.2) is 12.4 Å². The van der Waals surface area contributed by atoms with Crippen LogP contribution in [0.1, 0.15) is 29.6 Å². The van der Waals surface area contributed by atoms with Gasteiger partial charge in [-0.25, -0.2) is 0 Å². The van der Waals surface area contributed by atoms with Crippen molar-refractivity contribution in [1.82, 2.24) is 19.6 Å². The van der Waals surface area contributed by atoms with Crippen molar-refractivity contribution in [2.75, 3.05) is 46.4 Å². The molecule has 1 amide bonds. The molecule has 4 rings (SSSR count). The Labute approximate surface area is 143 Å². The summed E-state index contributed by atoms with van der Waals surface area (Å²) in [5.74, 6) is 1.47. The quantitative estimate of drug-likeness (QED) is 0.814. The highest BCUT2D eigenvalue weighted by Gasteiger charge is 2.50. The molecule has 1 spiro atoms. The van der Waals surface area contributed by atoms with Crippen molar-refractivity contribution < 1.29 is 9.53 Å². The predicted molar refractivity (Wildman–Crippen MR) is 90.7 cm³/mol. The Morgan fingerprint density at radius 2 is 2.17 bits per heavy atom. The van der Waals surface area contributed by atoms with E-state index in [1.54, 1.807) is 10.9 Å². The van der Waals surface area contributed by atoms with Crippen molar-refractivity contribution in [2.24, 2.45) is 24.3 Å². The highest BCUT2D eigenvalue weighted by Crippen LogP contribution is 2.44. The average Bonchev–Trinajstić information content (AvgIpc) is 2.98. The summed E-state index contributed by atoms with van der Waals surface area (Å²) in [6.45, 7) is 5.62. The number of likely N-dealkylation sites (tertiary alicyclic amines) is 2. The Morgan fingerprint density at radius 1 is 1.33 bits per heavy atom. The number of amides is 1. The number of carbonyl (C=O) groups excluding carboxylic acids is 1. The third-order valence-corrected chi connectivity index (χ3v) is 5.98. The summed E-state index contributed by atoms with van der Waals surface area (Å²) in [5, 5.41) is 4.13. The summed E-state index contributed by atoms with van der Waals surface area (Å²) in [6, 6.07) is 0. The molecule has 1 aliphatic carbocycles. The molecule has 0 aromatic carbocycles. The fourth-order valence-electron chi connectivity index (χ4n) is 4.44. The van der Waals surface area contributed by atoms with E-state index in [0.717, 1.165) is 51.7 Å². The molecule has 0 unspecified atom stereocenters. The van der Waals surface area contributed by atoms with Gasteiger partial charge in [0.05, 0.1) is 18.4 Å². The van der Waals surface area contributed by atoms with Crippen LogP contribution >= 0.6 is 0 Å². The second-order valence-electron chi connectivity index (χ2n) is 8.12. The molecule has 1 saturated carbocycles. The molecule has 3 heterocycles. The summed E-state index contributed by atoms with van der Waals surface area (Å²) in [7, 11) is 4.04. The Balaban J connectivity index is 1.41. The third kappa shape index (κ3) is 3.09. The minimum atomic E-state index is 0.118. The highest BCUT2D eigenvalue weighted by atomic mass is 16.5. The van der Waals surface area contributed by atoms with Gasteiger partial charge in [-0.15, -0.1) is 0 Å². The Hall–Kier alpha value is -1.40. The van der Waals surface area contributed by atoms with Crippen molar-refractivity contribution >= 4 is 5.91 Å². The van der Waals surface area contributed by atoms with Gasteiger partial charge >= 0.3 is 0 Å². The molecule has 2 saturated heterocycles. The van der Waals surface area contributed by atoms with E-state index in [0.29, 0.717) is 11.5 Å². The maximum absolute atomic E-state index is 12.7. The summed E-state index contributed by atoms with van der Waals surface area (Å²) in [5.41, 5.74) is 0.901. The second kappa shape index (κ2) is 6.15. The van der Waals surface area contributed by atoms with Gasteiger partial charge in [0, 0.05) is 57.4 Å². The Morgan fingerprint density at radius 3 is 2.88 bits per heavy atom. The molecule has 132 valence electrons. The monoisotopic (exact) mass is 332 g/mol. The lowest BCUT2D eigenvalue weighted by molar-refractivity contribution is 0.0530. The fraction of sp³-hybridized carbons (Fsp3) is 0.778. The molecule has 24 heavy (non-hydrogen) atoms. The second-order valence-corrected chi connectivity index (χ2v) is 8.12. The largest absolute Gasteiger partial charge is 0.381 e. The molecular weight excluding hydrogens is 304 g/mol. The lowest BCUT2D eigenvalue weighted by Crippen LogP contribution is -2.38. The number of aromatic nitrogens is 2. The Kier molecular flexibility index (Phi) is 4.12. The lowest BCUT2D eigenvalue weighted by Gasteiger charge is -2.30. The predicted octanol–water partition coefficient (Wildman–Crippen LogP) is 1.24. The molecule has 1 aromatic rings. The van der Waals surface area contributed by atoms with Crippen molar-refractivity contribution in [3.63, 3.8) is 0 Å². The maximum atomic E-state index is 12.7. The number of rotatable bonds is 5. The number of nitrogens with zero attached hydrogens (tertiary/aromatic N) is 4. The first-order valence-electron chi connectivity index (χ1n) is 9.10. The molecular formula is C18H28N4O2. The van der Waals surface area contributed by atoms with Gasteiger partial charge in [0.2, 0.25) is 0 Å². The van der Waals surface area contributed by atoms with Crippen LogP contribution in [0.4, 0.5) is 0 Å². The van der Waals surface area contributed by atoms with Crippen molar-refractivity contribution in [2.45, 2.75) is 19.3 Å². The van der Waals surface area contributed by atoms with Gasteiger partial charge in [0.1, 0.15) is 0 Å². The van der Waals surface area contributed by atoms with E-state index in [-0.39, 0.29) is 11.3 Å². The molecule has 0 radical (unpaired) electrons. The number of carbonyl (C=O) groups is 1. The van der Waals surface area contributed by atoms with Gasteiger partial charge in [0.15, 0.2) is 0 Å². The van der Waals surface area contributed by atoms with Crippen molar-refractivity contribution in [3.05, 3.63) is 18.0 Å². The standard InChI is InChI=1S/C18H28N4O2/c1-20-9-16(11-24-10-14-3-4-14)18(12-20)5-6-22(13-18)17(23)15-7-19-21(2)8-15/h7-8,14,16H,3-6,9-13H2,1-2H3/t16-,18+/m0/s1. The molecule has 0 N–H and O–H groups in total. The van der Waals surface area contributed by atoms with Gasteiger partial charge in [-0.1, -0.05) is 0 Å². The topological polar surface area (TPSA) is 50.6 Å². The van der Waals surface area contributed by atoms with Crippen molar-refractivity contribution in [3.8, 4) is 0 Å². The van der Waals surface area contributed by atoms with Gasteiger partial charge in [0.25, 0.3) is 5.91 Å². The zero-order valence-corrected chi connectivity index (χ0v) is 14.8. The van der Waals surface area contributed by atoms with Crippen LogP contribution in [0.3, 0.4) is 0 Å². The number of aryl methyl sites for hydroxylation is 1. The third-order valence-electron chi connectivity index (χ3n) is 5.98. The van der Waals surface area contributed by atoms with E-state index in [1.165, 1.54) is 12.8 Å². The minimum Gasteiger partial charge on any atom is -0.381 e. The van der Waals surface area contributed by atoms with Crippen LogP contribution in [-0.4, -0.2) is 71.9 Å². The number of ether oxygens (including phenoxy) is 1. The molecule has 6 heteroatoms. The van der Waals surface area contributed by atoms with Gasteiger partial charge in [-0.3, -0.25) is 9.48 Å². The molecule has 3 fully saturated rings. The van der Waals surface area contributed by atoms with Crippen molar-refractivity contribution in [1.29, 1.82) is 0 Å². The van der Waals surface area contributed by atoms with Crippen LogP contribution in [-0.2, 0) is 11.8 Å². The first-order chi connectivity index (χ1) is 11.6. The minimum absolute atomic E-state index is 0.118. The van der Waals surface area contributed by atoms with E-state index in [1.807, 2.05) is 18.1 Å². The zero-order valence-electron chi connectivity index (χ0n) is 14.8. The van der Waals surface area contributed by atoms with E-state index < -0.39 is 0 Å². The fourth-order valence-corrected chi connectivity index (χ4v) is 4.44. The Bertz CT molecular complexity index is 612.